The summed E-state index contributed by atoms with van der Waals surface area (Å²) in [6.45, 7) is 3.49. The first kappa shape index (κ1) is 24.7. The van der Waals surface area contributed by atoms with Crippen LogP contribution in [0.25, 0.3) is 28.0 Å². The molecule has 0 aliphatic carbocycles. The highest BCUT2D eigenvalue weighted by Crippen LogP contribution is 2.40. The maximum absolute atomic E-state index is 14.0. The summed E-state index contributed by atoms with van der Waals surface area (Å²) in [5, 5.41) is 4.38. The summed E-state index contributed by atoms with van der Waals surface area (Å²) in [6.07, 6.45) is 5.09. The van der Waals surface area contributed by atoms with Gasteiger partial charge in [-0.2, -0.15) is 0 Å². The van der Waals surface area contributed by atoms with E-state index in [4.69, 9.17) is 27.9 Å². The Hall–Kier alpha value is -3.67. The fourth-order valence-corrected chi connectivity index (χ4v) is 5.63. The average molecular weight is 544 g/mol. The van der Waals surface area contributed by atoms with Crippen LogP contribution in [0.15, 0.2) is 79.0 Å². The Morgan fingerprint density at radius 1 is 0.895 bits per heavy atom. The van der Waals surface area contributed by atoms with Gasteiger partial charge in [-0.05, 0) is 98.0 Å². The molecule has 0 spiro atoms. The molecule has 1 amide bonds. The molecule has 192 valence electrons. The van der Waals surface area contributed by atoms with Crippen LogP contribution in [0.5, 0.6) is 5.75 Å². The maximum atomic E-state index is 14.0. The minimum atomic E-state index is -0.172. The zero-order valence-corrected chi connectivity index (χ0v) is 22.5. The molecule has 1 aliphatic heterocycles. The summed E-state index contributed by atoms with van der Waals surface area (Å²) in [7, 11) is 0. The Balaban J connectivity index is 1.56. The molecular weight excluding hydrogens is 517 g/mol. The van der Waals surface area contributed by atoms with Crippen LogP contribution in [0, 0.1) is 0 Å². The molecule has 38 heavy (non-hydrogen) atoms. The number of rotatable bonds is 6. The fourth-order valence-electron chi connectivity index (χ4n) is 5.38. The molecule has 3 heterocycles. The summed E-state index contributed by atoms with van der Waals surface area (Å²) < 4.78 is 10.1. The number of ether oxygens (including phenoxy) is 1. The highest BCUT2D eigenvalue weighted by atomic mass is 35.5. The number of hydrogen-bond acceptors (Lipinski definition) is 2. The first-order chi connectivity index (χ1) is 18.5. The molecule has 1 N–H and O–H groups in total. The molecule has 0 saturated carbocycles. The standard InChI is InChI=1S/C31H27Cl2N3O2/c1-2-38-25-16-8-20(9-17-25)27-19-36-29(30(37)34-24-14-12-23(33)13-15-24)28(21-6-10-22(32)11-7-21)26-5-3-4-18-35(27)31(26)36/h6-17,19H,2-5,18H2,1H3,(H,34,37). The van der Waals surface area contributed by atoms with Crippen LogP contribution >= 0.6 is 23.2 Å². The molecule has 5 nitrogen and oxygen atoms in total. The molecule has 7 heteroatoms. The topological polar surface area (TPSA) is 47.7 Å². The number of carbonyl (C=O) groups excluding carboxylic acids is 1. The monoisotopic (exact) mass is 543 g/mol. The number of nitrogens with zero attached hydrogens (tertiary/aromatic N) is 2. The fraction of sp³-hybridized carbons (Fsp3) is 0.194. The van der Waals surface area contributed by atoms with Crippen molar-refractivity contribution >= 4 is 40.4 Å². The Labute approximate surface area is 231 Å². The van der Waals surface area contributed by atoms with Gasteiger partial charge in [-0.15, -0.1) is 0 Å². The molecule has 0 atom stereocenters. The van der Waals surface area contributed by atoms with E-state index in [9.17, 15) is 4.79 Å². The normalized spacial score (nSPS) is 12.9. The molecule has 1 aliphatic rings. The van der Waals surface area contributed by atoms with Gasteiger partial charge in [0, 0.05) is 39.6 Å². The van der Waals surface area contributed by atoms with Crippen molar-refractivity contribution in [3.05, 3.63) is 100 Å². The van der Waals surface area contributed by atoms with Crippen molar-refractivity contribution in [2.24, 2.45) is 0 Å². The van der Waals surface area contributed by atoms with Crippen molar-refractivity contribution in [3.63, 3.8) is 0 Å². The molecule has 2 aromatic heterocycles. The number of imidazole rings is 1. The van der Waals surface area contributed by atoms with Crippen molar-refractivity contribution in [2.75, 3.05) is 11.9 Å². The van der Waals surface area contributed by atoms with Gasteiger partial charge in [0.2, 0.25) is 0 Å². The van der Waals surface area contributed by atoms with E-state index in [-0.39, 0.29) is 5.91 Å². The molecule has 0 unspecified atom stereocenters. The van der Waals surface area contributed by atoms with Gasteiger partial charge < -0.3 is 14.6 Å². The lowest BCUT2D eigenvalue weighted by Crippen LogP contribution is -2.15. The van der Waals surface area contributed by atoms with E-state index in [0.717, 1.165) is 59.6 Å². The van der Waals surface area contributed by atoms with Crippen LogP contribution in [0.4, 0.5) is 5.69 Å². The van der Waals surface area contributed by atoms with E-state index in [1.54, 1.807) is 12.1 Å². The minimum absolute atomic E-state index is 0.172. The second kappa shape index (κ2) is 10.2. The largest absolute Gasteiger partial charge is 0.494 e. The van der Waals surface area contributed by atoms with E-state index in [1.165, 1.54) is 5.56 Å². The summed E-state index contributed by atoms with van der Waals surface area (Å²) in [4.78, 5) is 14.0. The third kappa shape index (κ3) is 4.46. The molecular formula is C31H27Cl2N3O2. The number of halogens is 2. The zero-order chi connectivity index (χ0) is 26.2. The van der Waals surface area contributed by atoms with E-state index in [0.29, 0.717) is 28.0 Å². The first-order valence-corrected chi connectivity index (χ1v) is 13.6. The number of anilines is 1. The van der Waals surface area contributed by atoms with E-state index in [1.807, 2.05) is 55.5 Å². The van der Waals surface area contributed by atoms with Crippen molar-refractivity contribution < 1.29 is 9.53 Å². The van der Waals surface area contributed by atoms with Gasteiger partial charge in [0.15, 0.2) is 0 Å². The number of aryl methyl sites for hydroxylation is 2. The number of aromatic nitrogens is 2. The van der Waals surface area contributed by atoms with Crippen LogP contribution in [-0.4, -0.2) is 21.5 Å². The highest BCUT2D eigenvalue weighted by molar-refractivity contribution is 6.31. The molecule has 0 fully saturated rings. The smallest absolute Gasteiger partial charge is 0.273 e. The van der Waals surface area contributed by atoms with Crippen LogP contribution in [0.2, 0.25) is 10.0 Å². The minimum Gasteiger partial charge on any atom is -0.494 e. The number of carbonyl (C=O) groups is 1. The predicted octanol–water partition coefficient (Wildman–Crippen LogP) is 8.37. The molecule has 3 aromatic carbocycles. The van der Waals surface area contributed by atoms with Gasteiger partial charge in [0.05, 0.1) is 12.3 Å². The summed E-state index contributed by atoms with van der Waals surface area (Å²) in [5.74, 6) is 0.675. The van der Waals surface area contributed by atoms with Crippen LogP contribution in [0.3, 0.4) is 0 Å². The second-order valence-electron chi connectivity index (χ2n) is 9.44. The summed E-state index contributed by atoms with van der Waals surface area (Å²) in [5.41, 5.74) is 7.65. The lowest BCUT2D eigenvalue weighted by Gasteiger charge is -2.11. The Morgan fingerprint density at radius 2 is 1.55 bits per heavy atom. The third-order valence-electron chi connectivity index (χ3n) is 7.05. The molecule has 0 saturated heterocycles. The SMILES string of the molecule is CCOc1ccc(-c2cn3c(C(=O)Nc4ccc(Cl)cc4)c(-c4ccc(Cl)cc4)c4c3n2CCCC4)cc1. The third-order valence-corrected chi connectivity index (χ3v) is 7.55. The van der Waals surface area contributed by atoms with Crippen molar-refractivity contribution in [2.45, 2.75) is 32.7 Å². The molecule has 0 bridgehead atoms. The maximum Gasteiger partial charge on any atom is 0.273 e. The van der Waals surface area contributed by atoms with Crippen molar-refractivity contribution in [1.82, 2.24) is 8.97 Å². The van der Waals surface area contributed by atoms with Crippen molar-refractivity contribution in [1.29, 1.82) is 0 Å². The Bertz CT molecular complexity index is 1620. The number of benzene rings is 3. The van der Waals surface area contributed by atoms with Gasteiger partial charge in [0.25, 0.3) is 5.91 Å². The first-order valence-electron chi connectivity index (χ1n) is 12.9. The molecule has 6 rings (SSSR count). The van der Waals surface area contributed by atoms with Crippen LogP contribution in [0.1, 0.15) is 35.8 Å². The van der Waals surface area contributed by atoms with Crippen molar-refractivity contribution in [3.8, 4) is 28.1 Å². The second-order valence-corrected chi connectivity index (χ2v) is 10.3. The van der Waals surface area contributed by atoms with Gasteiger partial charge in [-0.25, -0.2) is 0 Å². The van der Waals surface area contributed by atoms with E-state index < -0.39 is 0 Å². The Kier molecular flexibility index (Phi) is 6.64. The number of hydrogen-bond donors (Lipinski definition) is 1. The quantitative estimate of drug-likeness (QED) is 0.234. The average Bonchev–Trinajstić information content (AvgIpc) is 3.34. The van der Waals surface area contributed by atoms with E-state index >= 15 is 0 Å². The van der Waals surface area contributed by atoms with Gasteiger partial charge in [-0.3, -0.25) is 9.20 Å². The van der Waals surface area contributed by atoms with Gasteiger partial charge >= 0.3 is 0 Å². The molecule has 5 aromatic rings. The lowest BCUT2D eigenvalue weighted by atomic mass is 9.97. The molecule has 0 radical (unpaired) electrons. The zero-order valence-electron chi connectivity index (χ0n) is 21.0. The Morgan fingerprint density at radius 3 is 2.24 bits per heavy atom. The van der Waals surface area contributed by atoms with Crippen LogP contribution in [-0.2, 0) is 13.0 Å². The van der Waals surface area contributed by atoms with E-state index in [2.05, 4.69) is 32.6 Å². The number of amides is 1. The summed E-state index contributed by atoms with van der Waals surface area (Å²) in [6, 6.07) is 23.1. The lowest BCUT2D eigenvalue weighted by molar-refractivity contribution is 0.102. The predicted molar refractivity (Wildman–Crippen MR) is 155 cm³/mol. The van der Waals surface area contributed by atoms with Gasteiger partial charge in [-0.1, -0.05) is 35.3 Å². The van der Waals surface area contributed by atoms with Crippen LogP contribution < -0.4 is 10.1 Å². The van der Waals surface area contributed by atoms with Gasteiger partial charge in [0.1, 0.15) is 17.1 Å². The summed E-state index contributed by atoms with van der Waals surface area (Å²) >= 11 is 12.3. The number of nitrogens with one attached hydrogen (secondary N) is 1. The highest BCUT2D eigenvalue weighted by Gasteiger charge is 2.29.